The Bertz CT molecular complexity index is 236. The third kappa shape index (κ3) is 6.50. The first-order valence-corrected chi connectivity index (χ1v) is 7.80. The summed E-state index contributed by atoms with van der Waals surface area (Å²) in [6, 6.07) is 0. The average Bonchev–Trinajstić information content (AvgIpc) is 2.47. The molecule has 0 aromatic rings. The molecule has 1 aliphatic rings. The molecule has 120 valence electrons. The molecule has 2 atom stereocenters. The number of hydrogen-bond donors (Lipinski definition) is 2. The Morgan fingerprint density at radius 2 is 2.10 bits per heavy atom. The van der Waals surface area contributed by atoms with Crippen LogP contribution in [0.5, 0.6) is 0 Å². The molecule has 2 unspecified atom stereocenters. The van der Waals surface area contributed by atoms with E-state index in [1.807, 2.05) is 0 Å². The molecule has 1 saturated carbocycles. The molecular formula is C15H31NO4. The predicted octanol–water partition coefficient (Wildman–Crippen LogP) is 1.34. The van der Waals surface area contributed by atoms with E-state index in [-0.39, 0.29) is 18.2 Å². The summed E-state index contributed by atoms with van der Waals surface area (Å²) < 4.78 is 16.3. The molecule has 5 heteroatoms. The monoisotopic (exact) mass is 289 g/mol. The molecule has 1 rings (SSSR count). The number of methoxy groups -OCH3 is 1. The Kier molecular flexibility index (Phi) is 9.39. The van der Waals surface area contributed by atoms with Gasteiger partial charge < -0.3 is 24.6 Å². The van der Waals surface area contributed by atoms with Crippen molar-refractivity contribution in [1.82, 2.24) is 5.32 Å². The van der Waals surface area contributed by atoms with E-state index in [1.165, 1.54) is 0 Å². The lowest BCUT2D eigenvalue weighted by atomic mass is 9.80. The maximum Gasteiger partial charge on any atom is 0.0700 e. The summed E-state index contributed by atoms with van der Waals surface area (Å²) in [6.45, 7) is 5.90. The first-order chi connectivity index (χ1) is 9.76. The lowest BCUT2D eigenvalue weighted by Crippen LogP contribution is -2.53. The second-order valence-corrected chi connectivity index (χ2v) is 5.52. The summed E-state index contributed by atoms with van der Waals surface area (Å²) in [5.74, 6) is 0. The topological polar surface area (TPSA) is 60.0 Å². The molecule has 0 amide bonds. The van der Waals surface area contributed by atoms with Crippen LogP contribution in [0.1, 0.15) is 39.0 Å². The van der Waals surface area contributed by atoms with Crippen LogP contribution in [0.4, 0.5) is 0 Å². The van der Waals surface area contributed by atoms with Crippen molar-refractivity contribution in [2.75, 3.05) is 46.7 Å². The summed E-state index contributed by atoms with van der Waals surface area (Å²) in [7, 11) is 1.67. The zero-order valence-corrected chi connectivity index (χ0v) is 13.0. The van der Waals surface area contributed by atoms with Gasteiger partial charge in [-0.25, -0.2) is 0 Å². The minimum absolute atomic E-state index is 0.132. The Labute approximate surface area is 123 Å². The second kappa shape index (κ2) is 10.5. The van der Waals surface area contributed by atoms with E-state index in [0.717, 1.165) is 45.3 Å². The van der Waals surface area contributed by atoms with E-state index in [0.29, 0.717) is 19.8 Å². The summed E-state index contributed by atoms with van der Waals surface area (Å²) in [6.07, 6.45) is 5.32. The van der Waals surface area contributed by atoms with Crippen LogP contribution in [-0.2, 0) is 14.2 Å². The van der Waals surface area contributed by atoms with Gasteiger partial charge in [-0.2, -0.15) is 0 Å². The Morgan fingerprint density at radius 3 is 2.80 bits per heavy atom. The van der Waals surface area contributed by atoms with Crippen LogP contribution >= 0.6 is 0 Å². The molecule has 0 aromatic heterocycles. The molecule has 2 N–H and O–H groups in total. The van der Waals surface area contributed by atoms with Crippen molar-refractivity contribution in [2.45, 2.75) is 50.7 Å². The minimum Gasteiger partial charge on any atom is -0.394 e. The van der Waals surface area contributed by atoms with E-state index in [4.69, 9.17) is 14.2 Å². The van der Waals surface area contributed by atoms with E-state index in [9.17, 15) is 5.11 Å². The van der Waals surface area contributed by atoms with Gasteiger partial charge in [0.15, 0.2) is 0 Å². The molecule has 5 nitrogen and oxygen atoms in total. The molecular weight excluding hydrogens is 258 g/mol. The molecule has 0 aliphatic heterocycles. The fourth-order valence-electron chi connectivity index (χ4n) is 2.84. The summed E-state index contributed by atoms with van der Waals surface area (Å²) in [5.41, 5.74) is -0.132. The van der Waals surface area contributed by atoms with Crippen LogP contribution in [0.3, 0.4) is 0 Å². The first kappa shape index (κ1) is 17.9. The fraction of sp³-hybridized carbons (Fsp3) is 1.00. The first-order valence-electron chi connectivity index (χ1n) is 7.80. The Morgan fingerprint density at radius 1 is 1.25 bits per heavy atom. The third-order valence-corrected chi connectivity index (χ3v) is 3.87. The molecule has 1 aliphatic carbocycles. The fourth-order valence-corrected chi connectivity index (χ4v) is 2.84. The Hall–Kier alpha value is -0.200. The maximum atomic E-state index is 9.63. The number of likely N-dealkylation sites (N-methyl/N-ethyl adjacent to an activating group) is 1. The smallest absolute Gasteiger partial charge is 0.0700 e. The second-order valence-electron chi connectivity index (χ2n) is 5.52. The highest BCUT2D eigenvalue weighted by atomic mass is 16.5. The van der Waals surface area contributed by atoms with Crippen molar-refractivity contribution in [3.8, 4) is 0 Å². The maximum absolute atomic E-state index is 9.63. The van der Waals surface area contributed by atoms with Gasteiger partial charge in [0.2, 0.25) is 0 Å². The number of rotatable bonds is 11. The van der Waals surface area contributed by atoms with Crippen LogP contribution in [0, 0.1) is 0 Å². The van der Waals surface area contributed by atoms with Gasteiger partial charge in [0, 0.05) is 25.9 Å². The highest BCUT2D eigenvalue weighted by Gasteiger charge is 2.35. The van der Waals surface area contributed by atoms with Gasteiger partial charge in [-0.1, -0.05) is 6.92 Å². The van der Waals surface area contributed by atoms with Crippen molar-refractivity contribution in [3.63, 3.8) is 0 Å². The van der Waals surface area contributed by atoms with Crippen molar-refractivity contribution in [1.29, 1.82) is 0 Å². The van der Waals surface area contributed by atoms with Crippen LogP contribution in [-0.4, -0.2) is 63.4 Å². The minimum atomic E-state index is -0.132. The number of aliphatic hydroxyl groups is 1. The highest BCUT2D eigenvalue weighted by Crippen LogP contribution is 2.29. The van der Waals surface area contributed by atoms with Crippen LogP contribution in [0.2, 0.25) is 0 Å². The number of ether oxygens (including phenoxy) is 3. The largest absolute Gasteiger partial charge is 0.394 e. The van der Waals surface area contributed by atoms with Gasteiger partial charge in [0.1, 0.15) is 0 Å². The summed E-state index contributed by atoms with van der Waals surface area (Å²) in [4.78, 5) is 0. The molecule has 0 radical (unpaired) electrons. The van der Waals surface area contributed by atoms with E-state index >= 15 is 0 Å². The van der Waals surface area contributed by atoms with Crippen molar-refractivity contribution in [3.05, 3.63) is 0 Å². The zero-order valence-electron chi connectivity index (χ0n) is 13.0. The average molecular weight is 289 g/mol. The van der Waals surface area contributed by atoms with E-state index in [1.54, 1.807) is 7.11 Å². The Balaban J connectivity index is 2.14. The van der Waals surface area contributed by atoms with Gasteiger partial charge in [0.25, 0.3) is 0 Å². The van der Waals surface area contributed by atoms with Gasteiger partial charge in [-0.3, -0.25) is 0 Å². The normalized spacial score (nSPS) is 26.9. The molecule has 0 spiro atoms. The highest BCUT2D eigenvalue weighted by molar-refractivity contribution is 4.93. The van der Waals surface area contributed by atoms with Crippen molar-refractivity contribution < 1.29 is 19.3 Å². The van der Waals surface area contributed by atoms with E-state index in [2.05, 4.69) is 12.2 Å². The number of aliphatic hydroxyl groups excluding tert-OH is 1. The summed E-state index contributed by atoms with van der Waals surface area (Å²) >= 11 is 0. The third-order valence-electron chi connectivity index (χ3n) is 3.87. The number of hydrogen-bond acceptors (Lipinski definition) is 5. The quantitative estimate of drug-likeness (QED) is 0.562. The standard InChI is InChI=1S/C15H31NO4/c1-3-16-15(13-17)7-4-6-14(12-15)20-9-5-8-19-11-10-18-2/h14,16-17H,3-13H2,1-2H3. The van der Waals surface area contributed by atoms with Gasteiger partial charge >= 0.3 is 0 Å². The van der Waals surface area contributed by atoms with Crippen LogP contribution in [0.15, 0.2) is 0 Å². The molecule has 0 saturated heterocycles. The van der Waals surface area contributed by atoms with Gasteiger partial charge in [-0.15, -0.1) is 0 Å². The predicted molar refractivity (Wildman–Crippen MR) is 79.0 cm³/mol. The molecule has 1 fully saturated rings. The zero-order chi connectivity index (χ0) is 14.7. The molecule has 0 heterocycles. The van der Waals surface area contributed by atoms with Crippen LogP contribution < -0.4 is 5.32 Å². The van der Waals surface area contributed by atoms with Crippen molar-refractivity contribution in [2.24, 2.45) is 0 Å². The molecule has 20 heavy (non-hydrogen) atoms. The van der Waals surface area contributed by atoms with Gasteiger partial charge in [0.05, 0.1) is 25.9 Å². The lowest BCUT2D eigenvalue weighted by molar-refractivity contribution is -0.0240. The van der Waals surface area contributed by atoms with Gasteiger partial charge in [-0.05, 0) is 38.6 Å². The van der Waals surface area contributed by atoms with Crippen LogP contribution in [0.25, 0.3) is 0 Å². The lowest BCUT2D eigenvalue weighted by Gasteiger charge is -2.40. The molecule has 0 aromatic carbocycles. The van der Waals surface area contributed by atoms with Crippen molar-refractivity contribution >= 4 is 0 Å². The molecule has 0 bridgehead atoms. The SMILES string of the molecule is CCNC1(CO)CCCC(OCCCOCCOC)C1. The van der Waals surface area contributed by atoms with E-state index < -0.39 is 0 Å². The number of nitrogens with one attached hydrogen (secondary N) is 1. The summed E-state index contributed by atoms with van der Waals surface area (Å²) in [5, 5.41) is 13.1.